The minimum atomic E-state index is -0.490. The van der Waals surface area contributed by atoms with Gasteiger partial charge >= 0.3 is 5.97 Å². The Kier molecular flexibility index (Phi) is 4.35. The summed E-state index contributed by atoms with van der Waals surface area (Å²) in [5.74, 6) is -0.206. The molecule has 0 radical (unpaired) electrons. The molecule has 0 fully saturated rings. The zero-order chi connectivity index (χ0) is 13.7. The lowest BCUT2D eigenvalue weighted by Crippen LogP contribution is -2.30. The normalized spacial score (nSPS) is 11.8. The SMILES string of the molecule is C[C@H](NC(=O)COC(=O)c1cccs1)c1ccco1. The lowest BCUT2D eigenvalue weighted by atomic mass is 10.2. The van der Waals surface area contributed by atoms with E-state index >= 15 is 0 Å². The molecule has 0 aliphatic rings. The molecule has 19 heavy (non-hydrogen) atoms. The van der Waals surface area contributed by atoms with Gasteiger partial charge in [-0.05, 0) is 30.5 Å². The average Bonchev–Trinajstić information content (AvgIpc) is 3.07. The Bertz CT molecular complexity index is 533. The fourth-order valence-electron chi connectivity index (χ4n) is 1.49. The Labute approximate surface area is 114 Å². The van der Waals surface area contributed by atoms with Crippen molar-refractivity contribution in [1.29, 1.82) is 0 Å². The highest BCUT2D eigenvalue weighted by Crippen LogP contribution is 2.12. The van der Waals surface area contributed by atoms with Crippen LogP contribution in [0.1, 0.15) is 28.4 Å². The van der Waals surface area contributed by atoms with E-state index in [4.69, 9.17) is 9.15 Å². The predicted molar refractivity (Wildman–Crippen MR) is 69.9 cm³/mol. The number of thiophene rings is 1. The van der Waals surface area contributed by atoms with Crippen molar-refractivity contribution < 1.29 is 18.7 Å². The quantitative estimate of drug-likeness (QED) is 0.853. The van der Waals surface area contributed by atoms with Crippen LogP contribution >= 0.6 is 11.3 Å². The van der Waals surface area contributed by atoms with Crippen LogP contribution in [0.4, 0.5) is 0 Å². The molecular formula is C13H13NO4S. The molecule has 2 rings (SSSR count). The number of amides is 1. The number of esters is 1. The Morgan fingerprint density at radius 3 is 2.89 bits per heavy atom. The van der Waals surface area contributed by atoms with Crippen LogP contribution in [0.15, 0.2) is 40.3 Å². The van der Waals surface area contributed by atoms with Gasteiger partial charge < -0.3 is 14.5 Å². The van der Waals surface area contributed by atoms with E-state index in [2.05, 4.69) is 5.32 Å². The van der Waals surface area contributed by atoms with Gasteiger partial charge in [-0.1, -0.05) is 6.07 Å². The van der Waals surface area contributed by atoms with Gasteiger partial charge in [-0.3, -0.25) is 4.79 Å². The number of rotatable bonds is 5. The second-order valence-electron chi connectivity index (χ2n) is 3.86. The van der Waals surface area contributed by atoms with E-state index in [1.54, 1.807) is 36.6 Å². The Morgan fingerprint density at radius 1 is 1.42 bits per heavy atom. The summed E-state index contributed by atoms with van der Waals surface area (Å²) in [6.07, 6.45) is 1.54. The topological polar surface area (TPSA) is 68.5 Å². The highest BCUT2D eigenvalue weighted by atomic mass is 32.1. The van der Waals surface area contributed by atoms with Crippen LogP contribution in [0.3, 0.4) is 0 Å². The van der Waals surface area contributed by atoms with Gasteiger partial charge in [0.25, 0.3) is 5.91 Å². The summed E-state index contributed by atoms with van der Waals surface area (Å²) in [6, 6.07) is 6.65. The van der Waals surface area contributed by atoms with Gasteiger partial charge in [0.1, 0.15) is 10.6 Å². The number of furan rings is 1. The molecule has 6 heteroatoms. The Balaban J connectivity index is 1.77. The van der Waals surface area contributed by atoms with E-state index in [1.807, 2.05) is 0 Å². The number of nitrogens with one attached hydrogen (secondary N) is 1. The molecule has 0 saturated carbocycles. The van der Waals surface area contributed by atoms with Crippen LogP contribution in [0.25, 0.3) is 0 Å². The van der Waals surface area contributed by atoms with E-state index in [-0.39, 0.29) is 18.6 Å². The van der Waals surface area contributed by atoms with Crippen molar-refractivity contribution in [1.82, 2.24) is 5.32 Å². The fraction of sp³-hybridized carbons (Fsp3) is 0.231. The third kappa shape index (κ3) is 3.69. The molecule has 0 saturated heterocycles. The maximum absolute atomic E-state index is 11.6. The summed E-state index contributed by atoms with van der Waals surface area (Å²) < 4.78 is 10.1. The average molecular weight is 279 g/mol. The van der Waals surface area contributed by atoms with Gasteiger partial charge in [-0.2, -0.15) is 0 Å². The van der Waals surface area contributed by atoms with E-state index in [9.17, 15) is 9.59 Å². The van der Waals surface area contributed by atoms with Crippen LogP contribution in [-0.4, -0.2) is 18.5 Å². The number of carbonyl (C=O) groups is 2. The fourth-order valence-corrected chi connectivity index (χ4v) is 2.10. The number of hydrogen-bond donors (Lipinski definition) is 1. The number of carbonyl (C=O) groups excluding carboxylic acids is 2. The van der Waals surface area contributed by atoms with Crippen molar-refractivity contribution in [3.8, 4) is 0 Å². The van der Waals surface area contributed by atoms with Crippen LogP contribution in [0.5, 0.6) is 0 Å². The maximum Gasteiger partial charge on any atom is 0.348 e. The second-order valence-corrected chi connectivity index (χ2v) is 4.81. The smallest absolute Gasteiger partial charge is 0.348 e. The van der Waals surface area contributed by atoms with Crippen molar-refractivity contribution in [2.45, 2.75) is 13.0 Å². The summed E-state index contributed by atoms with van der Waals surface area (Å²) in [5, 5.41) is 4.45. The molecule has 2 aromatic rings. The standard InChI is InChI=1S/C13H13NO4S/c1-9(10-4-2-6-17-10)14-12(15)8-18-13(16)11-5-3-7-19-11/h2-7,9H,8H2,1H3,(H,14,15)/t9-/m0/s1. The van der Waals surface area contributed by atoms with Gasteiger partial charge in [-0.15, -0.1) is 11.3 Å². The van der Waals surface area contributed by atoms with E-state index in [0.29, 0.717) is 10.6 Å². The molecule has 1 atom stereocenters. The predicted octanol–water partition coefficient (Wildman–Crippen LogP) is 2.38. The third-order valence-electron chi connectivity index (χ3n) is 2.40. The van der Waals surface area contributed by atoms with Crippen molar-refractivity contribution in [2.24, 2.45) is 0 Å². The van der Waals surface area contributed by atoms with E-state index in [1.165, 1.54) is 17.6 Å². The van der Waals surface area contributed by atoms with E-state index < -0.39 is 5.97 Å². The van der Waals surface area contributed by atoms with Gasteiger partial charge in [0, 0.05) is 0 Å². The van der Waals surface area contributed by atoms with Crippen LogP contribution < -0.4 is 5.32 Å². The number of ether oxygens (including phenoxy) is 1. The molecule has 1 amide bonds. The van der Waals surface area contributed by atoms with Crippen LogP contribution in [0, 0.1) is 0 Å². The first kappa shape index (κ1) is 13.4. The Hall–Kier alpha value is -2.08. The van der Waals surface area contributed by atoms with Gasteiger partial charge in [0.05, 0.1) is 12.3 Å². The first-order valence-electron chi connectivity index (χ1n) is 5.70. The van der Waals surface area contributed by atoms with E-state index in [0.717, 1.165) is 0 Å². The summed E-state index contributed by atoms with van der Waals surface area (Å²) in [4.78, 5) is 23.6. The molecule has 100 valence electrons. The summed E-state index contributed by atoms with van der Waals surface area (Å²) in [7, 11) is 0. The molecule has 2 heterocycles. The third-order valence-corrected chi connectivity index (χ3v) is 3.25. The molecule has 0 aliphatic carbocycles. The van der Waals surface area contributed by atoms with Crippen molar-refractivity contribution in [2.75, 3.05) is 6.61 Å². The molecule has 2 aromatic heterocycles. The lowest BCUT2D eigenvalue weighted by molar-refractivity contribution is -0.125. The highest BCUT2D eigenvalue weighted by Gasteiger charge is 2.14. The van der Waals surface area contributed by atoms with Crippen molar-refractivity contribution in [3.05, 3.63) is 46.5 Å². The minimum Gasteiger partial charge on any atom is -0.467 e. The number of hydrogen-bond acceptors (Lipinski definition) is 5. The first-order chi connectivity index (χ1) is 9.16. The van der Waals surface area contributed by atoms with Crippen LogP contribution in [-0.2, 0) is 9.53 Å². The van der Waals surface area contributed by atoms with Crippen molar-refractivity contribution in [3.63, 3.8) is 0 Å². The van der Waals surface area contributed by atoms with Crippen molar-refractivity contribution >= 4 is 23.2 Å². The van der Waals surface area contributed by atoms with Gasteiger partial charge in [-0.25, -0.2) is 4.79 Å². The van der Waals surface area contributed by atoms with Gasteiger partial charge in [0.2, 0.25) is 0 Å². The molecule has 0 unspecified atom stereocenters. The molecular weight excluding hydrogens is 266 g/mol. The molecule has 0 bridgehead atoms. The van der Waals surface area contributed by atoms with Gasteiger partial charge in [0.15, 0.2) is 6.61 Å². The summed E-state index contributed by atoms with van der Waals surface area (Å²) in [6.45, 7) is 1.49. The maximum atomic E-state index is 11.6. The second kappa shape index (κ2) is 6.19. The molecule has 0 spiro atoms. The largest absolute Gasteiger partial charge is 0.467 e. The molecule has 0 aliphatic heterocycles. The molecule has 5 nitrogen and oxygen atoms in total. The first-order valence-corrected chi connectivity index (χ1v) is 6.58. The monoisotopic (exact) mass is 279 g/mol. The molecule has 0 aromatic carbocycles. The lowest BCUT2D eigenvalue weighted by Gasteiger charge is -2.11. The summed E-state index contributed by atoms with van der Waals surface area (Å²) in [5.41, 5.74) is 0. The molecule has 1 N–H and O–H groups in total. The zero-order valence-corrected chi connectivity index (χ0v) is 11.1. The van der Waals surface area contributed by atoms with Crippen LogP contribution in [0.2, 0.25) is 0 Å². The highest BCUT2D eigenvalue weighted by molar-refractivity contribution is 7.11. The zero-order valence-electron chi connectivity index (χ0n) is 10.3. The Morgan fingerprint density at radius 2 is 2.26 bits per heavy atom. The minimum absolute atomic E-state index is 0.261. The summed E-state index contributed by atoms with van der Waals surface area (Å²) >= 11 is 1.27.